The molecule has 1 aliphatic carbocycles. The molecule has 0 N–H and O–H groups in total. The fourth-order valence-electron chi connectivity index (χ4n) is 2.07. The van der Waals surface area contributed by atoms with Gasteiger partial charge in [-0.3, -0.25) is 4.98 Å². The first-order valence-electron chi connectivity index (χ1n) is 4.98. The van der Waals surface area contributed by atoms with Crippen molar-refractivity contribution in [1.29, 1.82) is 0 Å². The van der Waals surface area contributed by atoms with Crippen molar-refractivity contribution in [2.75, 3.05) is 0 Å². The van der Waals surface area contributed by atoms with Crippen molar-refractivity contribution in [3.63, 3.8) is 0 Å². The Balaban J connectivity index is 2.41. The molecule has 0 bridgehead atoms. The molecule has 0 saturated heterocycles. The van der Waals surface area contributed by atoms with Gasteiger partial charge in [-0.1, -0.05) is 30.4 Å². The highest BCUT2D eigenvalue weighted by Gasteiger charge is 2.08. The third-order valence-corrected chi connectivity index (χ3v) is 2.78. The third-order valence-electron chi connectivity index (χ3n) is 2.78. The molecule has 0 radical (unpaired) electrons. The number of hydrogen-bond acceptors (Lipinski definition) is 1. The first kappa shape index (κ1) is 7.74. The van der Waals surface area contributed by atoms with E-state index in [9.17, 15) is 0 Å². The number of fused-ring (bicyclic) bond motifs is 3. The number of aromatic nitrogens is 1. The molecule has 2 aromatic rings. The SMILES string of the molecule is C1=Cc2cnc3ccccc3c2CC1. The largest absolute Gasteiger partial charge is 0.256 e. The van der Waals surface area contributed by atoms with Gasteiger partial charge < -0.3 is 0 Å². The molecule has 0 aliphatic heterocycles. The molecule has 0 fully saturated rings. The maximum Gasteiger partial charge on any atom is 0.0705 e. The number of para-hydroxylation sites is 1. The summed E-state index contributed by atoms with van der Waals surface area (Å²) in [5.74, 6) is 0. The molecule has 1 aromatic heterocycles. The second-order valence-electron chi connectivity index (χ2n) is 3.65. The van der Waals surface area contributed by atoms with Crippen molar-refractivity contribution in [2.24, 2.45) is 0 Å². The van der Waals surface area contributed by atoms with Crippen LogP contribution in [-0.4, -0.2) is 4.98 Å². The van der Waals surface area contributed by atoms with Crippen LogP contribution < -0.4 is 0 Å². The fraction of sp³-hybridized carbons (Fsp3) is 0.154. The van der Waals surface area contributed by atoms with E-state index in [4.69, 9.17) is 0 Å². The zero-order valence-electron chi connectivity index (χ0n) is 7.90. The maximum atomic E-state index is 4.44. The molecule has 1 heteroatoms. The van der Waals surface area contributed by atoms with Gasteiger partial charge in [-0.15, -0.1) is 0 Å². The summed E-state index contributed by atoms with van der Waals surface area (Å²) < 4.78 is 0. The molecule has 14 heavy (non-hydrogen) atoms. The lowest BCUT2D eigenvalue weighted by Gasteiger charge is -2.12. The summed E-state index contributed by atoms with van der Waals surface area (Å²) in [5.41, 5.74) is 3.86. The van der Waals surface area contributed by atoms with Crippen LogP contribution in [-0.2, 0) is 6.42 Å². The number of allylic oxidation sites excluding steroid dienone is 1. The summed E-state index contributed by atoms with van der Waals surface area (Å²) in [6.45, 7) is 0. The van der Waals surface area contributed by atoms with E-state index in [0.717, 1.165) is 18.4 Å². The van der Waals surface area contributed by atoms with Gasteiger partial charge in [-0.05, 0) is 30.0 Å². The predicted octanol–water partition coefficient (Wildman–Crippen LogP) is 3.19. The van der Waals surface area contributed by atoms with Crippen LogP contribution in [0.25, 0.3) is 17.0 Å². The molecule has 0 atom stereocenters. The van der Waals surface area contributed by atoms with Crippen LogP contribution in [0, 0.1) is 0 Å². The summed E-state index contributed by atoms with van der Waals surface area (Å²) in [5, 5.41) is 1.31. The van der Waals surface area contributed by atoms with E-state index in [1.54, 1.807) is 0 Å². The molecule has 3 rings (SSSR count). The van der Waals surface area contributed by atoms with Crippen molar-refractivity contribution in [1.82, 2.24) is 4.98 Å². The predicted molar refractivity (Wildman–Crippen MR) is 59.1 cm³/mol. The van der Waals surface area contributed by atoms with Gasteiger partial charge in [-0.25, -0.2) is 0 Å². The first-order valence-corrected chi connectivity index (χ1v) is 4.98. The Morgan fingerprint density at radius 3 is 3.07 bits per heavy atom. The Kier molecular flexibility index (Phi) is 1.63. The van der Waals surface area contributed by atoms with E-state index >= 15 is 0 Å². The second-order valence-corrected chi connectivity index (χ2v) is 3.65. The van der Waals surface area contributed by atoms with Gasteiger partial charge in [0, 0.05) is 11.6 Å². The highest BCUT2D eigenvalue weighted by Crippen LogP contribution is 2.25. The van der Waals surface area contributed by atoms with Crippen molar-refractivity contribution in [3.05, 3.63) is 47.7 Å². The average molecular weight is 181 g/mol. The lowest BCUT2D eigenvalue weighted by atomic mass is 9.95. The highest BCUT2D eigenvalue weighted by molar-refractivity contribution is 5.85. The van der Waals surface area contributed by atoms with E-state index in [-0.39, 0.29) is 0 Å². The summed E-state index contributed by atoms with van der Waals surface area (Å²) in [6, 6.07) is 8.37. The van der Waals surface area contributed by atoms with Crippen LogP contribution in [0.1, 0.15) is 17.5 Å². The Bertz CT molecular complexity index is 512. The zero-order chi connectivity index (χ0) is 9.38. The summed E-state index contributed by atoms with van der Waals surface area (Å²) in [6.07, 6.45) is 8.68. The van der Waals surface area contributed by atoms with Crippen molar-refractivity contribution < 1.29 is 0 Å². The summed E-state index contributed by atoms with van der Waals surface area (Å²) in [7, 11) is 0. The number of benzene rings is 1. The van der Waals surface area contributed by atoms with Crippen LogP contribution >= 0.6 is 0 Å². The minimum absolute atomic E-state index is 1.11. The van der Waals surface area contributed by atoms with Crippen molar-refractivity contribution >= 4 is 17.0 Å². The van der Waals surface area contributed by atoms with Crippen LogP contribution in [0.3, 0.4) is 0 Å². The molecular formula is C13H11N. The number of hydrogen-bond donors (Lipinski definition) is 0. The normalized spacial score (nSPS) is 14.3. The van der Waals surface area contributed by atoms with Gasteiger partial charge in [0.2, 0.25) is 0 Å². The number of nitrogens with zero attached hydrogens (tertiary/aromatic N) is 1. The minimum Gasteiger partial charge on any atom is -0.256 e. The number of pyridine rings is 1. The Labute approximate surface area is 83.1 Å². The maximum absolute atomic E-state index is 4.44. The molecule has 1 heterocycles. The second kappa shape index (κ2) is 2.95. The van der Waals surface area contributed by atoms with Crippen molar-refractivity contribution in [2.45, 2.75) is 12.8 Å². The van der Waals surface area contributed by atoms with Crippen LogP contribution in [0.2, 0.25) is 0 Å². The monoisotopic (exact) mass is 181 g/mol. The Morgan fingerprint density at radius 2 is 2.07 bits per heavy atom. The van der Waals surface area contributed by atoms with E-state index < -0.39 is 0 Å². The average Bonchev–Trinajstić information content (AvgIpc) is 2.29. The van der Waals surface area contributed by atoms with Gasteiger partial charge in [0.1, 0.15) is 0 Å². The molecular weight excluding hydrogens is 170 g/mol. The van der Waals surface area contributed by atoms with Gasteiger partial charge in [0.15, 0.2) is 0 Å². The molecule has 0 saturated carbocycles. The molecule has 0 amide bonds. The summed E-state index contributed by atoms with van der Waals surface area (Å²) >= 11 is 0. The highest BCUT2D eigenvalue weighted by atomic mass is 14.7. The van der Waals surface area contributed by atoms with Crippen LogP contribution in [0.5, 0.6) is 0 Å². The third kappa shape index (κ3) is 1.06. The van der Waals surface area contributed by atoms with E-state index in [1.165, 1.54) is 16.5 Å². The van der Waals surface area contributed by atoms with Gasteiger partial charge >= 0.3 is 0 Å². The standard InChI is InChI=1S/C13H11N/c1-2-6-11-10(5-1)9-14-13-8-4-3-7-12(11)13/h1,3-5,7-9H,2,6H2. The number of rotatable bonds is 0. The first-order chi connectivity index (χ1) is 6.95. The molecule has 0 spiro atoms. The lowest BCUT2D eigenvalue weighted by molar-refractivity contribution is 0.992. The van der Waals surface area contributed by atoms with Gasteiger partial charge in [0.05, 0.1) is 5.52 Å². The van der Waals surface area contributed by atoms with Gasteiger partial charge in [0.25, 0.3) is 0 Å². The molecule has 1 aromatic carbocycles. The molecule has 1 aliphatic rings. The zero-order valence-corrected chi connectivity index (χ0v) is 7.90. The van der Waals surface area contributed by atoms with E-state index in [1.807, 2.05) is 12.3 Å². The minimum atomic E-state index is 1.11. The lowest BCUT2D eigenvalue weighted by Crippen LogP contribution is -1.96. The Morgan fingerprint density at radius 1 is 1.14 bits per heavy atom. The van der Waals surface area contributed by atoms with E-state index in [2.05, 4.69) is 35.3 Å². The molecule has 1 nitrogen and oxygen atoms in total. The smallest absolute Gasteiger partial charge is 0.0705 e. The summed E-state index contributed by atoms with van der Waals surface area (Å²) in [4.78, 5) is 4.44. The van der Waals surface area contributed by atoms with E-state index in [0.29, 0.717) is 0 Å². The fourth-order valence-corrected chi connectivity index (χ4v) is 2.07. The number of aryl methyl sites for hydroxylation is 1. The quantitative estimate of drug-likeness (QED) is 0.608. The van der Waals surface area contributed by atoms with Crippen LogP contribution in [0.4, 0.5) is 0 Å². The van der Waals surface area contributed by atoms with Crippen LogP contribution in [0.15, 0.2) is 36.5 Å². The Hall–Kier alpha value is -1.63. The molecule has 0 unspecified atom stereocenters. The molecule has 68 valence electrons. The van der Waals surface area contributed by atoms with Gasteiger partial charge in [-0.2, -0.15) is 0 Å². The van der Waals surface area contributed by atoms with Crippen molar-refractivity contribution in [3.8, 4) is 0 Å². The topological polar surface area (TPSA) is 12.9 Å².